The summed E-state index contributed by atoms with van der Waals surface area (Å²) in [6.45, 7) is 5.82. The Kier molecular flexibility index (Phi) is 8.49. The number of hydrogen-bond acceptors (Lipinski definition) is 4. The summed E-state index contributed by atoms with van der Waals surface area (Å²) in [7, 11) is -1.90. The lowest BCUT2D eigenvalue weighted by molar-refractivity contribution is -0.523. The van der Waals surface area contributed by atoms with Crippen molar-refractivity contribution in [3.63, 3.8) is 0 Å². The summed E-state index contributed by atoms with van der Waals surface area (Å²) in [6.07, 6.45) is 3.77. The predicted molar refractivity (Wildman–Crippen MR) is 114 cm³/mol. The molecule has 0 aromatic heterocycles. The lowest BCUT2D eigenvalue weighted by Crippen LogP contribution is -3.00. The minimum atomic E-state index is -3.75. The Labute approximate surface area is 193 Å². The molecule has 1 aromatic carbocycles. The molecule has 1 saturated carbocycles. The first-order valence-corrected chi connectivity index (χ1v) is 12.6. The van der Waals surface area contributed by atoms with E-state index >= 15 is 0 Å². The zero-order chi connectivity index (χ0) is 20.5. The van der Waals surface area contributed by atoms with Crippen LogP contribution in [-0.2, 0) is 15.7 Å². The number of benzene rings is 1. The molecular formula is C19H29BrClN3O3S2. The van der Waals surface area contributed by atoms with Gasteiger partial charge in [-0.3, -0.25) is 4.58 Å². The SMILES string of the molecule is CC[N+](CC)=C1SCC(O)(c2ccc(Cl)c(S(=O)(=O)NC3CCCC3)c2)N1C.[Br-]. The molecule has 2 N–H and O–H groups in total. The maximum Gasteiger partial charge on any atom is 0.311 e. The molecule has 29 heavy (non-hydrogen) atoms. The van der Waals surface area contributed by atoms with Crippen LogP contribution in [0.3, 0.4) is 0 Å². The Hall–Kier alpha value is -0.320. The summed E-state index contributed by atoms with van der Waals surface area (Å²) in [5, 5.41) is 12.6. The van der Waals surface area contributed by atoms with E-state index in [0.717, 1.165) is 43.9 Å². The highest BCUT2D eigenvalue weighted by atomic mass is 79.9. The molecule has 164 valence electrons. The van der Waals surface area contributed by atoms with Gasteiger partial charge in [-0.05, 0) is 50.6 Å². The molecule has 1 unspecified atom stereocenters. The fourth-order valence-corrected chi connectivity index (χ4v) is 7.18. The Morgan fingerprint density at radius 2 is 1.93 bits per heavy atom. The van der Waals surface area contributed by atoms with Gasteiger partial charge in [-0.25, -0.2) is 18.0 Å². The van der Waals surface area contributed by atoms with Gasteiger partial charge in [-0.15, -0.1) is 0 Å². The standard InChI is InChI=1S/C19H29ClN3O3S2.BrH/c1-4-23(5-2)18-22(3)19(24,13-27-18)14-10-11-16(20)17(12-14)28(25,26)21-15-8-6-7-9-15;/h10-12,15,21,24H,4-9,13H2,1-3H3;1H/q+1;/p-1. The van der Waals surface area contributed by atoms with Gasteiger partial charge in [0.1, 0.15) is 4.90 Å². The van der Waals surface area contributed by atoms with Crippen molar-refractivity contribution in [2.45, 2.75) is 56.2 Å². The summed E-state index contributed by atoms with van der Waals surface area (Å²) < 4.78 is 30.8. The largest absolute Gasteiger partial charge is 1.00 e. The monoisotopic (exact) mass is 525 g/mol. The third-order valence-corrected chi connectivity index (χ3v) is 8.98. The van der Waals surface area contributed by atoms with Crippen LogP contribution in [0.1, 0.15) is 45.1 Å². The van der Waals surface area contributed by atoms with Crippen molar-refractivity contribution in [1.82, 2.24) is 9.62 Å². The van der Waals surface area contributed by atoms with Crippen molar-refractivity contribution < 1.29 is 35.1 Å². The molecule has 0 amide bonds. The van der Waals surface area contributed by atoms with Gasteiger partial charge in [0.05, 0.1) is 30.9 Å². The molecule has 3 rings (SSSR count). The van der Waals surface area contributed by atoms with Gasteiger partial charge in [-0.2, -0.15) is 0 Å². The Balaban J connectivity index is 0.00000300. The molecule has 1 atom stereocenters. The molecule has 10 heteroatoms. The molecule has 6 nitrogen and oxygen atoms in total. The van der Waals surface area contributed by atoms with E-state index in [2.05, 4.69) is 23.1 Å². The summed E-state index contributed by atoms with van der Waals surface area (Å²) in [5.41, 5.74) is -0.758. The maximum absolute atomic E-state index is 12.9. The van der Waals surface area contributed by atoms with Gasteiger partial charge in [0, 0.05) is 11.6 Å². The number of nitrogens with zero attached hydrogens (tertiary/aromatic N) is 2. The number of hydrogen-bond donors (Lipinski definition) is 2. The van der Waals surface area contributed by atoms with Crippen molar-refractivity contribution in [2.24, 2.45) is 0 Å². The molecule has 1 aliphatic carbocycles. The van der Waals surface area contributed by atoms with Crippen LogP contribution in [-0.4, -0.2) is 60.1 Å². The first-order valence-electron chi connectivity index (χ1n) is 9.76. The van der Waals surface area contributed by atoms with Crippen LogP contribution in [0.2, 0.25) is 5.02 Å². The van der Waals surface area contributed by atoms with E-state index in [1.54, 1.807) is 23.9 Å². The van der Waals surface area contributed by atoms with Crippen LogP contribution >= 0.6 is 23.4 Å². The molecule has 1 heterocycles. The fraction of sp³-hybridized carbons (Fsp3) is 0.632. The number of thioether (sulfide) groups is 1. The number of rotatable bonds is 6. The van der Waals surface area contributed by atoms with Crippen LogP contribution in [0.5, 0.6) is 0 Å². The smallest absolute Gasteiger partial charge is 0.311 e. The number of aliphatic hydroxyl groups is 1. The highest BCUT2D eigenvalue weighted by Gasteiger charge is 2.50. The van der Waals surface area contributed by atoms with Crippen molar-refractivity contribution in [3.8, 4) is 0 Å². The third kappa shape index (κ3) is 4.96. The fourth-order valence-electron chi connectivity index (χ4n) is 3.88. The van der Waals surface area contributed by atoms with Gasteiger partial charge in [0.15, 0.2) is 0 Å². The number of amidine groups is 1. The summed E-state index contributed by atoms with van der Waals surface area (Å²) >= 11 is 7.82. The van der Waals surface area contributed by atoms with Crippen molar-refractivity contribution in [1.29, 1.82) is 0 Å². The zero-order valence-electron chi connectivity index (χ0n) is 17.0. The molecule has 2 aliphatic rings. The van der Waals surface area contributed by atoms with Crippen molar-refractivity contribution >= 4 is 38.6 Å². The van der Waals surface area contributed by atoms with Crippen molar-refractivity contribution in [2.75, 3.05) is 25.9 Å². The number of halogens is 2. The molecule has 1 saturated heterocycles. The Morgan fingerprint density at radius 1 is 1.31 bits per heavy atom. The van der Waals surface area contributed by atoms with Crippen LogP contribution in [0.25, 0.3) is 0 Å². The Morgan fingerprint density at radius 3 is 2.52 bits per heavy atom. The lowest BCUT2D eigenvalue weighted by Gasteiger charge is -2.27. The Bertz CT molecular complexity index is 869. The van der Waals surface area contributed by atoms with E-state index in [9.17, 15) is 13.5 Å². The van der Waals surface area contributed by atoms with Gasteiger partial charge in [0.2, 0.25) is 15.7 Å². The van der Waals surface area contributed by atoms with Crippen LogP contribution in [0.15, 0.2) is 23.1 Å². The highest BCUT2D eigenvalue weighted by molar-refractivity contribution is 8.13. The lowest BCUT2D eigenvalue weighted by atomic mass is 10.0. The van der Waals surface area contributed by atoms with Crippen LogP contribution < -0.4 is 21.7 Å². The second-order valence-corrected chi connectivity index (χ2v) is 10.4. The van der Waals surface area contributed by atoms with E-state index in [1.807, 2.05) is 11.9 Å². The molecule has 0 radical (unpaired) electrons. The molecular weight excluding hydrogens is 498 g/mol. The first kappa shape index (κ1) is 24.9. The molecule has 1 aliphatic heterocycles. The average Bonchev–Trinajstić information content (AvgIpc) is 3.26. The van der Waals surface area contributed by atoms with Crippen LogP contribution in [0, 0.1) is 0 Å². The quantitative estimate of drug-likeness (QED) is 0.502. The average molecular weight is 527 g/mol. The van der Waals surface area contributed by atoms with Gasteiger partial charge in [0.25, 0.3) is 0 Å². The summed E-state index contributed by atoms with van der Waals surface area (Å²) in [5.74, 6) is 0.423. The summed E-state index contributed by atoms with van der Waals surface area (Å²) in [4.78, 5) is 1.86. The van der Waals surface area contributed by atoms with E-state index in [0.29, 0.717) is 11.3 Å². The van der Waals surface area contributed by atoms with E-state index in [-0.39, 0.29) is 32.9 Å². The second-order valence-electron chi connectivity index (χ2n) is 7.37. The maximum atomic E-state index is 12.9. The van der Waals surface area contributed by atoms with Crippen LogP contribution in [0.4, 0.5) is 0 Å². The molecule has 0 bridgehead atoms. The minimum Gasteiger partial charge on any atom is -1.00 e. The van der Waals surface area contributed by atoms with E-state index in [1.165, 1.54) is 6.07 Å². The first-order chi connectivity index (χ1) is 13.2. The number of sulfonamides is 1. The third-order valence-electron chi connectivity index (χ3n) is 5.64. The van der Waals surface area contributed by atoms with Gasteiger partial charge >= 0.3 is 5.17 Å². The highest BCUT2D eigenvalue weighted by Crippen LogP contribution is 2.39. The minimum absolute atomic E-state index is 0. The predicted octanol–water partition coefficient (Wildman–Crippen LogP) is -0.203. The topological polar surface area (TPSA) is 72.6 Å². The second kappa shape index (κ2) is 9.87. The molecule has 1 aromatic rings. The van der Waals surface area contributed by atoms with Gasteiger partial charge < -0.3 is 22.1 Å². The summed E-state index contributed by atoms with van der Waals surface area (Å²) in [6, 6.07) is 4.74. The number of nitrogens with one attached hydrogen (secondary N) is 1. The van der Waals surface area contributed by atoms with E-state index < -0.39 is 15.7 Å². The van der Waals surface area contributed by atoms with E-state index in [4.69, 9.17) is 11.6 Å². The normalized spacial score (nSPS) is 22.8. The van der Waals surface area contributed by atoms with Gasteiger partial charge in [-0.1, -0.05) is 30.5 Å². The molecule has 2 fully saturated rings. The molecule has 0 spiro atoms. The van der Waals surface area contributed by atoms with Crippen molar-refractivity contribution in [3.05, 3.63) is 28.8 Å². The zero-order valence-corrected chi connectivity index (χ0v) is 21.0.